The van der Waals surface area contributed by atoms with E-state index in [0.29, 0.717) is 6.42 Å². The summed E-state index contributed by atoms with van der Waals surface area (Å²) >= 11 is 6.14. The third-order valence-corrected chi connectivity index (χ3v) is 9.91. The number of rotatable bonds is 9. The van der Waals surface area contributed by atoms with Gasteiger partial charge < -0.3 is 5.11 Å². The topological polar surface area (TPSA) is 62.1 Å². The maximum absolute atomic E-state index is 13.0. The molecule has 0 atom stereocenters. The van der Waals surface area contributed by atoms with E-state index >= 15 is 0 Å². The molecule has 0 aliphatic rings. The van der Waals surface area contributed by atoms with Gasteiger partial charge in [-0.05, 0) is 29.8 Å². The molecule has 9 heteroatoms. The molecule has 4 aromatic heterocycles. The summed E-state index contributed by atoms with van der Waals surface area (Å²) in [5, 5.41) is 15.3. The van der Waals surface area contributed by atoms with Gasteiger partial charge in [-0.3, -0.25) is 9.59 Å². The molecule has 0 aromatic carbocycles. The molecule has 0 bridgehead atoms. The van der Waals surface area contributed by atoms with Crippen molar-refractivity contribution in [2.75, 3.05) is 6.61 Å². The lowest BCUT2D eigenvalue weighted by Gasteiger charge is -2.00. The average molecular weight is 505 g/mol. The summed E-state index contributed by atoms with van der Waals surface area (Å²) in [6, 6.07) is 7.49. The number of aryl methyl sites for hydroxylation is 1. The van der Waals surface area contributed by atoms with E-state index in [2.05, 4.69) is 16.1 Å². The highest BCUT2D eigenvalue weighted by Crippen LogP contribution is 2.31. The summed E-state index contributed by atoms with van der Waals surface area (Å²) < 4.78 is 4.12. The number of aromatic nitrogens is 2. The van der Waals surface area contributed by atoms with Gasteiger partial charge in [0.2, 0.25) is 24.7 Å². The highest BCUT2D eigenvalue weighted by Gasteiger charge is 2.37. The Bertz CT molecular complexity index is 1250. The second-order valence-corrected chi connectivity index (χ2v) is 11.6. The van der Waals surface area contributed by atoms with Crippen LogP contribution in [0.1, 0.15) is 40.5 Å². The first kappa shape index (κ1) is 23.1. The monoisotopic (exact) mass is 504 g/mol. The SMILES string of the molecule is Cc1sc(-c2sc(CCO)c(C)[n+]2CC(=O)c2cccs2)[n+](CC(=O)c2cccs2)c1C. The van der Waals surface area contributed by atoms with E-state index in [-0.39, 0.29) is 31.3 Å². The minimum Gasteiger partial charge on any atom is -0.396 e. The van der Waals surface area contributed by atoms with Crippen molar-refractivity contribution in [3.8, 4) is 10.0 Å². The van der Waals surface area contributed by atoms with Gasteiger partial charge in [-0.25, -0.2) is 0 Å². The van der Waals surface area contributed by atoms with Gasteiger partial charge in [-0.2, -0.15) is 9.13 Å². The molecule has 5 nitrogen and oxygen atoms in total. The first-order valence-corrected chi connectivity index (χ1v) is 13.6. The number of thiazole rings is 2. The van der Waals surface area contributed by atoms with Crippen molar-refractivity contribution < 1.29 is 23.8 Å². The number of hydrogen-bond acceptors (Lipinski definition) is 7. The van der Waals surface area contributed by atoms with Crippen LogP contribution in [0, 0.1) is 20.8 Å². The first-order chi connectivity index (χ1) is 15.4. The van der Waals surface area contributed by atoms with Gasteiger partial charge in [0.05, 0.1) is 19.5 Å². The number of hydrogen-bond donors (Lipinski definition) is 1. The van der Waals surface area contributed by atoms with Gasteiger partial charge in [0.25, 0.3) is 0 Å². The highest BCUT2D eigenvalue weighted by atomic mass is 32.1. The molecular formula is C23H24N2O3S4+2. The lowest BCUT2D eigenvalue weighted by Crippen LogP contribution is -2.46. The number of thiophene rings is 2. The fraction of sp³-hybridized carbons (Fsp3) is 0.304. The Morgan fingerprint density at radius 2 is 1.38 bits per heavy atom. The van der Waals surface area contributed by atoms with E-state index in [0.717, 1.165) is 40.9 Å². The van der Waals surface area contributed by atoms with Crippen molar-refractivity contribution >= 4 is 56.9 Å². The summed E-state index contributed by atoms with van der Waals surface area (Å²) in [5.74, 6) is 0.145. The van der Waals surface area contributed by atoms with E-state index in [4.69, 9.17) is 0 Å². The molecule has 0 aliphatic carbocycles. The Morgan fingerprint density at radius 1 is 0.844 bits per heavy atom. The maximum atomic E-state index is 13.0. The van der Waals surface area contributed by atoms with Crippen molar-refractivity contribution in [1.82, 2.24) is 0 Å². The van der Waals surface area contributed by atoms with Crippen LogP contribution in [0.4, 0.5) is 0 Å². The third-order valence-electron chi connectivity index (χ3n) is 5.40. The van der Waals surface area contributed by atoms with Gasteiger partial charge >= 0.3 is 10.0 Å². The van der Waals surface area contributed by atoms with Crippen molar-refractivity contribution in [2.24, 2.45) is 0 Å². The fourth-order valence-electron chi connectivity index (χ4n) is 3.51. The lowest BCUT2D eigenvalue weighted by atomic mass is 10.2. The van der Waals surface area contributed by atoms with Gasteiger partial charge in [-0.15, -0.1) is 22.7 Å². The largest absolute Gasteiger partial charge is 0.396 e. The molecule has 0 aliphatic heterocycles. The van der Waals surface area contributed by atoms with Crippen molar-refractivity contribution in [3.05, 3.63) is 65.9 Å². The Balaban J connectivity index is 1.79. The molecule has 0 unspecified atom stereocenters. The summed E-state index contributed by atoms with van der Waals surface area (Å²) in [7, 11) is 0. The molecule has 0 amide bonds. The smallest absolute Gasteiger partial charge is 0.346 e. The van der Waals surface area contributed by atoms with E-state index in [1.807, 2.05) is 48.9 Å². The normalized spacial score (nSPS) is 11.2. The van der Waals surface area contributed by atoms with Crippen LogP contribution in [0.25, 0.3) is 10.0 Å². The summed E-state index contributed by atoms with van der Waals surface area (Å²) in [5.41, 5.74) is 2.05. The van der Waals surface area contributed by atoms with E-state index in [1.165, 1.54) is 22.7 Å². The van der Waals surface area contributed by atoms with Crippen LogP contribution in [0.2, 0.25) is 0 Å². The van der Waals surface area contributed by atoms with E-state index in [1.54, 1.807) is 22.7 Å². The highest BCUT2D eigenvalue weighted by molar-refractivity contribution is 7.21. The van der Waals surface area contributed by atoms with Crippen LogP contribution in [0.15, 0.2) is 35.0 Å². The molecule has 0 fully saturated rings. The number of carbonyl (C=O) groups excluding carboxylic acids is 2. The second-order valence-electron chi connectivity index (χ2n) is 7.41. The second kappa shape index (κ2) is 9.84. The Morgan fingerprint density at radius 3 is 1.88 bits per heavy atom. The van der Waals surface area contributed by atoms with Crippen LogP contribution in [0.3, 0.4) is 0 Å². The number of aliphatic hydroxyl groups is 1. The molecule has 0 saturated carbocycles. The van der Waals surface area contributed by atoms with Crippen LogP contribution in [-0.4, -0.2) is 23.3 Å². The fourth-order valence-corrected chi connectivity index (χ4v) is 7.33. The predicted molar refractivity (Wildman–Crippen MR) is 130 cm³/mol. The van der Waals surface area contributed by atoms with Crippen LogP contribution in [0.5, 0.6) is 0 Å². The zero-order valence-corrected chi connectivity index (χ0v) is 21.3. The zero-order valence-electron chi connectivity index (χ0n) is 18.1. The maximum Gasteiger partial charge on any atom is 0.346 e. The number of Topliss-reactive ketones (excluding diaryl/α,β-unsaturated/α-hetero) is 2. The van der Waals surface area contributed by atoms with Gasteiger partial charge in [0.15, 0.2) is 11.4 Å². The minimum atomic E-state index is 0.0546. The van der Waals surface area contributed by atoms with Crippen LogP contribution in [-0.2, 0) is 19.5 Å². The van der Waals surface area contributed by atoms with Crippen molar-refractivity contribution in [1.29, 1.82) is 0 Å². The number of ketones is 2. The molecule has 4 rings (SSSR count). The van der Waals surface area contributed by atoms with Crippen LogP contribution < -0.4 is 9.13 Å². The first-order valence-electron chi connectivity index (χ1n) is 10.2. The van der Waals surface area contributed by atoms with E-state index < -0.39 is 0 Å². The minimum absolute atomic E-state index is 0.0546. The Kier molecular flexibility index (Phi) is 7.11. The van der Waals surface area contributed by atoms with Crippen molar-refractivity contribution in [2.45, 2.75) is 40.3 Å². The Hall–Kier alpha value is -2.04. The molecule has 0 saturated heterocycles. The predicted octanol–water partition coefficient (Wildman–Crippen LogP) is 4.40. The van der Waals surface area contributed by atoms with Gasteiger partial charge in [-0.1, -0.05) is 34.8 Å². The molecule has 0 radical (unpaired) electrons. The number of aliphatic hydroxyl groups excluding tert-OH is 1. The quantitative estimate of drug-likeness (QED) is 0.271. The molecular weight excluding hydrogens is 481 g/mol. The summed E-state index contributed by atoms with van der Waals surface area (Å²) in [6.07, 6.45) is 0.543. The molecule has 32 heavy (non-hydrogen) atoms. The number of nitrogens with zero attached hydrogens (tertiary/aromatic N) is 2. The molecule has 4 heterocycles. The standard InChI is InChI=1S/C23H24N2O3S4/c1-14-16(3)31-22(24(14)12-17(27)20-6-4-10-29-20)23-25(15(2)19(32-23)8-9-26)13-18(28)21-7-5-11-30-21/h4-7,10-11,26H,8-9,12-13H2,1-3H3/q+2. The molecule has 1 N–H and O–H groups in total. The molecule has 166 valence electrons. The molecule has 0 spiro atoms. The van der Waals surface area contributed by atoms with E-state index in [9.17, 15) is 14.7 Å². The summed E-state index contributed by atoms with van der Waals surface area (Å²) in [4.78, 5) is 29.6. The van der Waals surface area contributed by atoms with Gasteiger partial charge in [0.1, 0.15) is 0 Å². The van der Waals surface area contributed by atoms with Crippen molar-refractivity contribution in [3.63, 3.8) is 0 Å². The third kappa shape index (κ3) is 4.53. The number of carbonyl (C=O) groups is 2. The lowest BCUT2D eigenvalue weighted by molar-refractivity contribution is -0.701. The van der Waals surface area contributed by atoms with Crippen LogP contribution >= 0.6 is 45.3 Å². The Labute approximate surface area is 202 Å². The average Bonchev–Trinajstić information content (AvgIpc) is 3.56. The van der Waals surface area contributed by atoms with Gasteiger partial charge in [0, 0.05) is 26.9 Å². The summed E-state index contributed by atoms with van der Waals surface area (Å²) in [6.45, 7) is 6.65. The molecule has 4 aromatic rings. The zero-order chi connectivity index (χ0) is 22.8.